The number of benzene rings is 2. The lowest BCUT2D eigenvalue weighted by molar-refractivity contribution is -0.137. The average Bonchev–Trinajstić information content (AvgIpc) is 3.22. The molecule has 0 spiro atoms. The number of rotatable bonds is 2. The van der Waals surface area contributed by atoms with Crippen molar-refractivity contribution < 1.29 is 23.2 Å². The molecule has 1 aromatic heterocycles. The molecular weight excluding hydrogens is 367 g/mol. The van der Waals surface area contributed by atoms with Crippen LogP contribution in [0.15, 0.2) is 36.4 Å². The number of hydroxylamine groups is 1. The third-order valence-corrected chi connectivity index (χ3v) is 5.40. The van der Waals surface area contributed by atoms with Gasteiger partial charge < -0.3 is 4.90 Å². The van der Waals surface area contributed by atoms with Crippen molar-refractivity contribution in [3.63, 3.8) is 0 Å². The molecule has 0 saturated heterocycles. The van der Waals surface area contributed by atoms with E-state index in [1.807, 2.05) is 11.0 Å². The van der Waals surface area contributed by atoms with Crippen LogP contribution in [0.2, 0.25) is 0 Å². The predicted molar refractivity (Wildman–Crippen MR) is 90.2 cm³/mol. The van der Waals surface area contributed by atoms with Crippen molar-refractivity contribution in [2.24, 2.45) is 0 Å². The molecule has 1 aliphatic heterocycles. The van der Waals surface area contributed by atoms with Crippen LogP contribution in [0.3, 0.4) is 0 Å². The van der Waals surface area contributed by atoms with E-state index in [0.29, 0.717) is 34.0 Å². The molecule has 0 saturated carbocycles. The lowest BCUT2D eigenvalue weighted by Gasteiger charge is -2.13. The lowest BCUT2D eigenvalue weighted by Crippen LogP contribution is -2.21. The molecule has 0 fully saturated rings. The van der Waals surface area contributed by atoms with Gasteiger partial charge in [0.1, 0.15) is 0 Å². The normalized spacial score (nSPS) is 13.9. The van der Waals surface area contributed by atoms with Crippen molar-refractivity contribution in [3.05, 3.63) is 58.7 Å². The number of nitrogens with one attached hydrogen (secondary N) is 1. The third kappa shape index (κ3) is 2.78. The molecule has 2 heterocycles. The minimum absolute atomic E-state index is 0.295. The first-order valence-electron chi connectivity index (χ1n) is 7.65. The molecule has 0 bridgehead atoms. The van der Waals surface area contributed by atoms with Crippen LogP contribution in [-0.2, 0) is 19.3 Å². The van der Waals surface area contributed by atoms with Gasteiger partial charge in [0.15, 0.2) is 5.13 Å². The molecule has 0 radical (unpaired) electrons. The van der Waals surface area contributed by atoms with Crippen LogP contribution < -0.4 is 10.4 Å². The first-order valence-corrected chi connectivity index (χ1v) is 8.46. The van der Waals surface area contributed by atoms with Crippen LogP contribution in [-0.4, -0.2) is 16.1 Å². The SMILES string of the molecule is O=C(NO)c1cccc2c1CN(c1nc3cc(C(F)(F)F)ccc3s1)C2. The first-order chi connectivity index (χ1) is 12.4. The molecule has 2 aromatic carbocycles. The average molecular weight is 379 g/mol. The zero-order valence-electron chi connectivity index (χ0n) is 13.2. The maximum Gasteiger partial charge on any atom is 0.416 e. The van der Waals surface area contributed by atoms with Crippen molar-refractivity contribution in [1.29, 1.82) is 0 Å². The van der Waals surface area contributed by atoms with E-state index in [4.69, 9.17) is 5.21 Å². The molecule has 1 amide bonds. The molecule has 0 aliphatic carbocycles. The Labute approximate surface area is 149 Å². The minimum atomic E-state index is -4.41. The molecule has 134 valence electrons. The fourth-order valence-corrected chi connectivity index (χ4v) is 4.00. The Morgan fingerprint density at radius 3 is 2.77 bits per heavy atom. The number of alkyl halides is 3. The van der Waals surface area contributed by atoms with Crippen molar-refractivity contribution in [1.82, 2.24) is 10.5 Å². The minimum Gasteiger partial charge on any atom is -0.339 e. The zero-order chi connectivity index (χ0) is 18.5. The van der Waals surface area contributed by atoms with Gasteiger partial charge >= 0.3 is 6.18 Å². The maximum absolute atomic E-state index is 12.9. The summed E-state index contributed by atoms with van der Waals surface area (Å²) in [6, 6.07) is 8.73. The molecule has 4 rings (SSSR count). The number of anilines is 1. The van der Waals surface area contributed by atoms with Crippen LogP contribution in [0.5, 0.6) is 0 Å². The molecule has 0 unspecified atom stereocenters. The number of aromatic nitrogens is 1. The highest BCUT2D eigenvalue weighted by Crippen LogP contribution is 2.37. The zero-order valence-corrected chi connectivity index (χ0v) is 14.0. The molecule has 5 nitrogen and oxygen atoms in total. The molecule has 26 heavy (non-hydrogen) atoms. The van der Waals surface area contributed by atoms with E-state index < -0.39 is 17.6 Å². The van der Waals surface area contributed by atoms with Crippen molar-refractivity contribution in [2.75, 3.05) is 4.90 Å². The summed E-state index contributed by atoms with van der Waals surface area (Å²) in [7, 11) is 0. The highest BCUT2D eigenvalue weighted by molar-refractivity contribution is 7.22. The quantitative estimate of drug-likeness (QED) is 0.523. The number of hydrogen-bond acceptors (Lipinski definition) is 5. The Morgan fingerprint density at radius 1 is 1.23 bits per heavy atom. The molecule has 0 atom stereocenters. The number of thiazole rings is 1. The van der Waals surface area contributed by atoms with E-state index in [1.165, 1.54) is 17.4 Å². The van der Waals surface area contributed by atoms with Gasteiger partial charge in [-0.2, -0.15) is 13.2 Å². The molecular formula is C17H12F3N3O2S. The Bertz CT molecular complexity index is 1020. The Balaban J connectivity index is 1.68. The van der Waals surface area contributed by atoms with Gasteiger partial charge in [0.25, 0.3) is 5.91 Å². The topological polar surface area (TPSA) is 65.5 Å². The molecule has 1 aliphatic rings. The van der Waals surface area contributed by atoms with Gasteiger partial charge in [-0.05, 0) is 35.4 Å². The maximum atomic E-state index is 12.9. The van der Waals surface area contributed by atoms with E-state index in [-0.39, 0.29) is 0 Å². The van der Waals surface area contributed by atoms with Gasteiger partial charge in [0, 0.05) is 18.7 Å². The Hall–Kier alpha value is -2.65. The first kappa shape index (κ1) is 16.8. The standard InChI is InChI=1S/C17H12F3N3O2S/c18-17(19,20)10-4-5-14-13(6-10)21-16(26-14)23-7-9-2-1-3-11(12(9)8-23)15(24)22-25/h1-6,25H,7-8H2,(H,22,24). The highest BCUT2D eigenvalue weighted by atomic mass is 32.1. The third-order valence-electron chi connectivity index (χ3n) is 4.30. The second-order valence-corrected chi connectivity index (χ2v) is 6.93. The Morgan fingerprint density at radius 2 is 2.04 bits per heavy atom. The van der Waals surface area contributed by atoms with Gasteiger partial charge in [0.05, 0.1) is 15.8 Å². The summed E-state index contributed by atoms with van der Waals surface area (Å²) < 4.78 is 39.3. The lowest BCUT2D eigenvalue weighted by atomic mass is 10.0. The number of carbonyl (C=O) groups is 1. The van der Waals surface area contributed by atoms with Gasteiger partial charge in [-0.3, -0.25) is 10.0 Å². The van der Waals surface area contributed by atoms with Gasteiger partial charge in [0.2, 0.25) is 0 Å². The van der Waals surface area contributed by atoms with Crippen LogP contribution >= 0.6 is 11.3 Å². The summed E-state index contributed by atoms with van der Waals surface area (Å²) in [5.74, 6) is -0.595. The van der Waals surface area contributed by atoms with Gasteiger partial charge in [-0.25, -0.2) is 10.5 Å². The number of hydrogen-bond donors (Lipinski definition) is 2. The van der Waals surface area contributed by atoms with Crippen LogP contribution in [0.25, 0.3) is 10.2 Å². The second-order valence-electron chi connectivity index (χ2n) is 5.92. The number of amides is 1. The second kappa shape index (κ2) is 5.96. The van der Waals surface area contributed by atoms with Crippen LogP contribution in [0.1, 0.15) is 27.0 Å². The van der Waals surface area contributed by atoms with Gasteiger partial charge in [-0.15, -0.1) is 0 Å². The van der Waals surface area contributed by atoms with Crippen LogP contribution in [0.4, 0.5) is 18.3 Å². The molecule has 3 aromatic rings. The number of carbonyl (C=O) groups excluding carboxylic acids is 1. The predicted octanol–water partition coefficient (Wildman–Crippen LogP) is 3.95. The van der Waals surface area contributed by atoms with Gasteiger partial charge in [-0.1, -0.05) is 23.5 Å². The summed E-state index contributed by atoms with van der Waals surface area (Å²) >= 11 is 1.30. The number of fused-ring (bicyclic) bond motifs is 2. The van der Waals surface area contributed by atoms with E-state index >= 15 is 0 Å². The smallest absolute Gasteiger partial charge is 0.339 e. The Kier molecular flexibility index (Phi) is 3.85. The fraction of sp³-hybridized carbons (Fsp3) is 0.176. The largest absolute Gasteiger partial charge is 0.416 e. The molecule has 2 N–H and O–H groups in total. The van der Waals surface area contributed by atoms with Crippen molar-refractivity contribution in [3.8, 4) is 0 Å². The summed E-state index contributed by atoms with van der Waals surface area (Å²) in [6.07, 6.45) is -4.41. The van der Waals surface area contributed by atoms with E-state index in [9.17, 15) is 18.0 Å². The van der Waals surface area contributed by atoms with Crippen molar-refractivity contribution in [2.45, 2.75) is 19.3 Å². The molecule has 9 heteroatoms. The van der Waals surface area contributed by atoms with E-state index in [1.54, 1.807) is 17.6 Å². The van der Waals surface area contributed by atoms with Crippen molar-refractivity contribution >= 4 is 32.6 Å². The monoisotopic (exact) mass is 379 g/mol. The highest BCUT2D eigenvalue weighted by Gasteiger charge is 2.31. The summed E-state index contributed by atoms with van der Waals surface area (Å²) in [5, 5.41) is 9.46. The summed E-state index contributed by atoms with van der Waals surface area (Å²) in [6.45, 7) is 0.888. The number of halogens is 3. The summed E-state index contributed by atoms with van der Waals surface area (Å²) in [5.41, 5.74) is 3.26. The number of nitrogens with zero attached hydrogens (tertiary/aromatic N) is 2. The summed E-state index contributed by atoms with van der Waals surface area (Å²) in [4.78, 5) is 18.0. The fourth-order valence-electron chi connectivity index (χ4n) is 3.06. The van der Waals surface area contributed by atoms with Crippen LogP contribution in [0, 0.1) is 0 Å². The van der Waals surface area contributed by atoms with E-state index in [0.717, 1.165) is 23.3 Å². The van der Waals surface area contributed by atoms with E-state index in [2.05, 4.69) is 4.98 Å².